The van der Waals surface area contributed by atoms with Gasteiger partial charge in [-0.25, -0.2) is 9.38 Å². The molecule has 0 spiro atoms. The molecule has 0 bridgehead atoms. The fraction of sp³-hybridized carbons (Fsp3) is 0.263. The number of nitrogens with one attached hydrogen (secondary N) is 1. The van der Waals surface area contributed by atoms with Crippen molar-refractivity contribution in [2.45, 2.75) is 31.2 Å². The molecule has 0 unspecified atom stereocenters. The lowest BCUT2D eigenvalue weighted by molar-refractivity contribution is -0.164. The molecule has 1 heterocycles. The minimum atomic E-state index is -4.70. The predicted molar refractivity (Wildman–Crippen MR) is 95.1 cm³/mol. The van der Waals surface area contributed by atoms with Crippen LogP contribution in [0.4, 0.5) is 23.2 Å². The quantitative estimate of drug-likeness (QED) is 0.601. The van der Waals surface area contributed by atoms with Gasteiger partial charge in [-0.05, 0) is 37.3 Å². The first-order valence-electron chi connectivity index (χ1n) is 8.34. The van der Waals surface area contributed by atoms with Gasteiger partial charge in [-0.15, -0.1) is 0 Å². The second kappa shape index (κ2) is 7.14. The number of halogens is 4. The van der Waals surface area contributed by atoms with E-state index in [1.165, 1.54) is 31.2 Å². The van der Waals surface area contributed by atoms with Gasteiger partial charge in [-0.1, -0.05) is 18.2 Å². The summed E-state index contributed by atoms with van der Waals surface area (Å²) in [7, 11) is 0. The van der Waals surface area contributed by atoms with Crippen LogP contribution in [0.15, 0.2) is 53.5 Å². The molecule has 148 valence electrons. The molecule has 9 heteroatoms. The van der Waals surface area contributed by atoms with Crippen molar-refractivity contribution in [3.63, 3.8) is 0 Å². The van der Waals surface area contributed by atoms with Crippen molar-refractivity contribution in [2.24, 2.45) is 4.99 Å². The third-order valence-corrected chi connectivity index (χ3v) is 4.37. The maximum absolute atomic E-state index is 14.3. The van der Waals surface area contributed by atoms with Crippen LogP contribution >= 0.6 is 0 Å². The predicted octanol–water partition coefficient (Wildman–Crippen LogP) is 3.76. The number of benzene rings is 2. The zero-order valence-corrected chi connectivity index (χ0v) is 14.8. The maximum atomic E-state index is 14.3. The Kier molecular flexibility index (Phi) is 5.01. The number of carbonyl (C=O) groups excluding carboxylic acids is 1. The normalized spacial score (nSPS) is 22.2. The van der Waals surface area contributed by atoms with Crippen molar-refractivity contribution < 1.29 is 27.1 Å². The number of nitrogens with two attached hydrogens (primary N) is 1. The Balaban J connectivity index is 1.96. The van der Waals surface area contributed by atoms with Crippen LogP contribution in [-0.4, -0.2) is 24.1 Å². The lowest BCUT2D eigenvalue weighted by Crippen LogP contribution is -2.48. The van der Waals surface area contributed by atoms with Crippen molar-refractivity contribution in [1.29, 1.82) is 0 Å². The van der Waals surface area contributed by atoms with Crippen molar-refractivity contribution in [1.82, 2.24) is 5.32 Å². The summed E-state index contributed by atoms with van der Waals surface area (Å²) in [6.07, 6.45) is -5.37. The van der Waals surface area contributed by atoms with Crippen LogP contribution < -0.4 is 11.1 Å². The molecule has 28 heavy (non-hydrogen) atoms. The number of amidine groups is 1. The number of carbonyl (C=O) groups is 1. The van der Waals surface area contributed by atoms with E-state index in [9.17, 15) is 22.4 Å². The highest BCUT2D eigenvalue weighted by molar-refractivity contribution is 6.04. The molecule has 2 aromatic rings. The van der Waals surface area contributed by atoms with Crippen LogP contribution in [-0.2, 0) is 10.3 Å². The second-order valence-corrected chi connectivity index (χ2v) is 6.59. The van der Waals surface area contributed by atoms with Crippen LogP contribution in [0.5, 0.6) is 0 Å². The van der Waals surface area contributed by atoms with Crippen molar-refractivity contribution in [3.05, 3.63) is 65.5 Å². The van der Waals surface area contributed by atoms with E-state index in [-0.39, 0.29) is 16.8 Å². The number of hydrogen-bond acceptors (Lipinski definition) is 4. The van der Waals surface area contributed by atoms with Crippen LogP contribution in [0, 0.1) is 5.82 Å². The first kappa shape index (κ1) is 19.7. The Morgan fingerprint density at radius 2 is 1.93 bits per heavy atom. The van der Waals surface area contributed by atoms with Crippen molar-refractivity contribution >= 4 is 17.6 Å². The zero-order valence-electron chi connectivity index (χ0n) is 14.8. The topological polar surface area (TPSA) is 76.7 Å². The van der Waals surface area contributed by atoms with Gasteiger partial charge in [0.25, 0.3) is 11.9 Å². The molecule has 0 fully saturated rings. The first-order valence-corrected chi connectivity index (χ1v) is 8.34. The van der Waals surface area contributed by atoms with E-state index < -0.39 is 42.0 Å². The molecular formula is C19H17F4N3O2. The average molecular weight is 395 g/mol. The van der Waals surface area contributed by atoms with Crippen LogP contribution in [0.25, 0.3) is 0 Å². The minimum Gasteiger partial charge on any atom is -0.454 e. The van der Waals surface area contributed by atoms with E-state index in [2.05, 4.69) is 10.3 Å². The Bertz CT molecular complexity index is 915. The van der Waals surface area contributed by atoms with Gasteiger partial charge in [0.2, 0.25) is 0 Å². The highest BCUT2D eigenvalue weighted by Crippen LogP contribution is 2.41. The van der Waals surface area contributed by atoms with E-state index in [0.29, 0.717) is 0 Å². The molecule has 1 aliphatic rings. The third kappa shape index (κ3) is 4.08. The summed E-state index contributed by atoms with van der Waals surface area (Å²) in [5.74, 6) is -1.47. The molecule has 1 aliphatic heterocycles. The van der Waals surface area contributed by atoms with Crippen LogP contribution in [0.3, 0.4) is 0 Å². The van der Waals surface area contributed by atoms with E-state index in [1.807, 2.05) is 0 Å². The third-order valence-electron chi connectivity index (χ3n) is 4.37. The monoisotopic (exact) mass is 395 g/mol. The molecule has 0 saturated carbocycles. The Labute approximate surface area is 158 Å². The molecular weight excluding hydrogens is 378 g/mol. The smallest absolute Gasteiger partial charge is 0.411 e. The summed E-state index contributed by atoms with van der Waals surface area (Å²) >= 11 is 0. The molecule has 1 amide bonds. The average Bonchev–Trinajstić information content (AvgIpc) is 2.63. The molecule has 5 nitrogen and oxygen atoms in total. The fourth-order valence-electron chi connectivity index (χ4n) is 2.96. The van der Waals surface area contributed by atoms with E-state index >= 15 is 0 Å². The number of anilines is 1. The van der Waals surface area contributed by atoms with E-state index in [1.54, 1.807) is 18.2 Å². The fourth-order valence-corrected chi connectivity index (χ4v) is 2.96. The lowest BCUT2D eigenvalue weighted by atomic mass is 9.87. The molecule has 0 saturated heterocycles. The van der Waals surface area contributed by atoms with Gasteiger partial charge in [0, 0.05) is 23.2 Å². The number of ether oxygens (including phenoxy) is 1. The highest BCUT2D eigenvalue weighted by atomic mass is 19.4. The number of rotatable bonds is 2. The highest BCUT2D eigenvalue weighted by Gasteiger charge is 2.50. The summed E-state index contributed by atoms with van der Waals surface area (Å²) in [4.78, 5) is 15.8. The summed E-state index contributed by atoms with van der Waals surface area (Å²) in [5, 5.41) is 2.23. The summed E-state index contributed by atoms with van der Waals surface area (Å²) in [5.41, 5.74) is 4.15. The molecule has 0 aliphatic carbocycles. The van der Waals surface area contributed by atoms with Crippen molar-refractivity contribution in [3.8, 4) is 0 Å². The van der Waals surface area contributed by atoms with E-state index in [0.717, 1.165) is 6.07 Å². The zero-order chi connectivity index (χ0) is 20.5. The molecule has 3 N–H and O–H groups in total. The van der Waals surface area contributed by atoms with Crippen LogP contribution in [0.1, 0.15) is 29.3 Å². The molecule has 2 atom stereocenters. The molecule has 0 radical (unpaired) electrons. The van der Waals surface area contributed by atoms with Gasteiger partial charge in [0.1, 0.15) is 11.4 Å². The standard InChI is InChI=1S/C19H17F4N3O2/c1-18(13-9-12(24)7-8-14(13)20)10-15(19(21,22)23)25-17(28-18)26-16(27)11-5-3-2-4-6-11/h2-9,15H,10,24H2,1H3,(H,25,26,27)/t15-,18-/m0/s1. The Morgan fingerprint density at radius 3 is 2.57 bits per heavy atom. The maximum Gasteiger partial charge on any atom is 0.411 e. The van der Waals surface area contributed by atoms with E-state index in [4.69, 9.17) is 10.5 Å². The van der Waals surface area contributed by atoms with Crippen molar-refractivity contribution in [2.75, 3.05) is 5.73 Å². The number of nitrogen functional groups attached to an aromatic ring is 1. The Morgan fingerprint density at radius 1 is 1.25 bits per heavy atom. The molecule has 3 rings (SSSR count). The minimum absolute atomic E-state index is 0.150. The van der Waals surface area contributed by atoms with Gasteiger partial charge in [-0.3, -0.25) is 10.1 Å². The largest absolute Gasteiger partial charge is 0.454 e. The summed E-state index contributed by atoms with van der Waals surface area (Å²) < 4.78 is 60.1. The van der Waals surface area contributed by atoms with Gasteiger partial charge in [0.05, 0.1) is 0 Å². The SMILES string of the molecule is C[C@@]1(c2cc(N)ccc2F)C[C@@H](C(F)(F)F)N=C(NC(=O)c2ccccc2)O1. The second-order valence-electron chi connectivity index (χ2n) is 6.59. The van der Waals surface area contributed by atoms with Gasteiger partial charge in [0.15, 0.2) is 6.04 Å². The number of nitrogens with zero attached hydrogens (tertiary/aromatic N) is 1. The van der Waals surface area contributed by atoms with Crippen LogP contribution in [0.2, 0.25) is 0 Å². The molecule has 2 aromatic carbocycles. The van der Waals surface area contributed by atoms with Gasteiger partial charge in [-0.2, -0.15) is 13.2 Å². The Hall–Kier alpha value is -3.10. The summed E-state index contributed by atoms with van der Waals surface area (Å²) in [6, 6.07) is 8.59. The molecule has 0 aromatic heterocycles. The summed E-state index contributed by atoms with van der Waals surface area (Å²) in [6.45, 7) is 1.30. The number of hydrogen-bond donors (Lipinski definition) is 2. The van der Waals surface area contributed by atoms with Gasteiger partial charge < -0.3 is 10.5 Å². The lowest BCUT2D eigenvalue weighted by Gasteiger charge is -2.38. The number of aliphatic imine (C=N–C) groups is 1. The first-order chi connectivity index (χ1) is 13.1. The van der Waals surface area contributed by atoms with Gasteiger partial charge >= 0.3 is 6.18 Å². The number of alkyl halides is 3. The number of amides is 1.